The number of nitrogens with zero attached hydrogens (tertiary/aromatic N) is 3. The molecule has 0 unspecified atom stereocenters. The van der Waals surface area contributed by atoms with E-state index in [-0.39, 0.29) is 5.91 Å². The van der Waals surface area contributed by atoms with E-state index in [1.807, 2.05) is 35.9 Å². The van der Waals surface area contributed by atoms with Gasteiger partial charge in [0.2, 0.25) is 5.89 Å². The summed E-state index contributed by atoms with van der Waals surface area (Å²) in [6, 6.07) is 7.95. The van der Waals surface area contributed by atoms with Gasteiger partial charge in [0.25, 0.3) is 5.91 Å². The van der Waals surface area contributed by atoms with Gasteiger partial charge < -0.3 is 14.4 Å². The lowest BCUT2D eigenvalue weighted by molar-refractivity contribution is 0.0883. The van der Waals surface area contributed by atoms with Crippen LogP contribution in [0.4, 0.5) is 0 Å². The van der Waals surface area contributed by atoms with Crippen LogP contribution in [0.3, 0.4) is 0 Å². The van der Waals surface area contributed by atoms with Crippen LogP contribution in [0.15, 0.2) is 33.3 Å². The third-order valence-electron chi connectivity index (χ3n) is 5.03. The maximum absolute atomic E-state index is 13.1. The van der Waals surface area contributed by atoms with Gasteiger partial charge in [-0.2, -0.15) is 4.98 Å². The summed E-state index contributed by atoms with van der Waals surface area (Å²) in [5.74, 6) is 0.960. The second-order valence-electron chi connectivity index (χ2n) is 6.62. The molecule has 1 fully saturated rings. The molecule has 1 aliphatic carbocycles. The molecule has 1 aromatic carbocycles. The molecule has 6 nitrogen and oxygen atoms in total. The lowest BCUT2D eigenvalue weighted by Crippen LogP contribution is -2.45. The highest BCUT2D eigenvalue weighted by atomic mass is 79.9. The molecule has 130 valence electrons. The summed E-state index contributed by atoms with van der Waals surface area (Å²) in [4.78, 5) is 17.5. The van der Waals surface area contributed by atoms with Crippen LogP contribution in [-0.4, -0.2) is 20.6 Å². The Morgan fingerprint density at radius 2 is 2.04 bits per heavy atom. The number of aryl methyl sites for hydroxylation is 2. The summed E-state index contributed by atoms with van der Waals surface area (Å²) in [5.41, 5.74) is 1.06. The van der Waals surface area contributed by atoms with Crippen LogP contribution >= 0.6 is 15.9 Å². The molecule has 0 saturated heterocycles. The average Bonchev–Trinajstić information content (AvgIpc) is 3.29. The first kappa shape index (κ1) is 16.3. The molecule has 0 aliphatic heterocycles. The Labute approximate surface area is 153 Å². The number of para-hydroxylation sites is 1. The topological polar surface area (TPSA) is 73.0 Å². The smallest absolute Gasteiger partial charge is 0.269 e. The molecule has 4 rings (SSSR count). The number of carbonyl (C=O) groups excluding carboxylic acids is 1. The Kier molecular flexibility index (Phi) is 3.91. The first-order valence-corrected chi connectivity index (χ1v) is 9.17. The van der Waals surface area contributed by atoms with Crippen molar-refractivity contribution in [1.29, 1.82) is 0 Å². The molecule has 1 N–H and O–H groups in total. The van der Waals surface area contributed by atoms with Crippen molar-refractivity contribution in [3.8, 4) is 0 Å². The maximum Gasteiger partial charge on any atom is 0.269 e. The fourth-order valence-electron chi connectivity index (χ4n) is 3.75. The van der Waals surface area contributed by atoms with Crippen LogP contribution in [0, 0.1) is 6.92 Å². The number of amides is 1. The summed E-state index contributed by atoms with van der Waals surface area (Å²) < 4.78 is 7.88. The predicted octanol–water partition coefficient (Wildman–Crippen LogP) is 3.83. The molecule has 3 aromatic rings. The van der Waals surface area contributed by atoms with Crippen molar-refractivity contribution in [1.82, 2.24) is 20.0 Å². The van der Waals surface area contributed by atoms with Gasteiger partial charge in [0.05, 0.1) is 4.47 Å². The third-order valence-corrected chi connectivity index (χ3v) is 5.83. The number of carbonyl (C=O) groups is 1. The van der Waals surface area contributed by atoms with E-state index in [2.05, 4.69) is 31.4 Å². The zero-order valence-corrected chi connectivity index (χ0v) is 15.8. The van der Waals surface area contributed by atoms with Crippen LogP contribution in [0.2, 0.25) is 0 Å². The number of rotatable bonds is 3. The zero-order chi connectivity index (χ0) is 17.6. The van der Waals surface area contributed by atoms with Gasteiger partial charge in [-0.15, -0.1) is 0 Å². The van der Waals surface area contributed by atoms with Gasteiger partial charge in [0, 0.05) is 24.9 Å². The van der Waals surface area contributed by atoms with Crippen molar-refractivity contribution >= 4 is 32.7 Å². The van der Waals surface area contributed by atoms with E-state index in [4.69, 9.17) is 4.52 Å². The maximum atomic E-state index is 13.1. The average molecular weight is 403 g/mol. The Morgan fingerprint density at radius 3 is 2.68 bits per heavy atom. The molecule has 2 aromatic heterocycles. The Morgan fingerprint density at radius 1 is 1.32 bits per heavy atom. The van der Waals surface area contributed by atoms with E-state index < -0.39 is 5.54 Å². The standard InChI is InChI=1S/C18H19BrN4O2/c1-11-20-17(22-25-11)18(9-5-6-10-18)21-16(24)15-14(19)12-7-3-4-8-13(12)23(15)2/h3-4,7-8H,5-6,9-10H2,1-2H3,(H,21,24). The molecule has 1 saturated carbocycles. The monoisotopic (exact) mass is 402 g/mol. The molecule has 25 heavy (non-hydrogen) atoms. The van der Waals surface area contributed by atoms with Crippen molar-refractivity contribution in [3.05, 3.63) is 46.1 Å². The lowest BCUT2D eigenvalue weighted by Gasteiger charge is -2.27. The Bertz CT molecular complexity index is 914. The second kappa shape index (κ2) is 5.98. The van der Waals surface area contributed by atoms with Crippen molar-refractivity contribution in [2.45, 2.75) is 38.1 Å². The number of nitrogens with one attached hydrogen (secondary N) is 1. The van der Waals surface area contributed by atoms with Crippen molar-refractivity contribution in [2.24, 2.45) is 7.05 Å². The second-order valence-corrected chi connectivity index (χ2v) is 7.41. The van der Waals surface area contributed by atoms with Crippen molar-refractivity contribution in [2.75, 3.05) is 0 Å². The van der Waals surface area contributed by atoms with Crippen molar-refractivity contribution < 1.29 is 9.32 Å². The van der Waals surface area contributed by atoms with Gasteiger partial charge in [0.15, 0.2) is 5.82 Å². The van der Waals surface area contributed by atoms with Gasteiger partial charge >= 0.3 is 0 Å². The fourth-order valence-corrected chi connectivity index (χ4v) is 4.53. The largest absolute Gasteiger partial charge is 0.340 e. The molecule has 2 heterocycles. The number of halogens is 1. The van der Waals surface area contributed by atoms with Crippen LogP contribution in [0.5, 0.6) is 0 Å². The molecule has 1 amide bonds. The van der Waals surface area contributed by atoms with E-state index in [9.17, 15) is 4.79 Å². The van der Waals surface area contributed by atoms with Crippen LogP contribution < -0.4 is 5.32 Å². The summed E-state index contributed by atoms with van der Waals surface area (Å²) in [5, 5.41) is 8.31. The van der Waals surface area contributed by atoms with Crippen molar-refractivity contribution in [3.63, 3.8) is 0 Å². The molecule has 1 aliphatic rings. The molecule has 0 spiro atoms. The van der Waals surface area contributed by atoms with Gasteiger partial charge in [-0.05, 0) is 34.8 Å². The highest BCUT2D eigenvalue weighted by molar-refractivity contribution is 9.10. The summed E-state index contributed by atoms with van der Waals surface area (Å²) in [6.07, 6.45) is 3.70. The first-order chi connectivity index (χ1) is 12.0. The summed E-state index contributed by atoms with van der Waals surface area (Å²) >= 11 is 3.60. The molecular weight excluding hydrogens is 384 g/mol. The SMILES string of the molecule is Cc1nc(C2(NC(=O)c3c(Br)c4ccccc4n3C)CCCC2)no1. The lowest BCUT2D eigenvalue weighted by atomic mass is 9.96. The number of benzene rings is 1. The first-order valence-electron chi connectivity index (χ1n) is 8.38. The molecule has 0 bridgehead atoms. The van der Waals surface area contributed by atoms with Crippen LogP contribution in [0.1, 0.15) is 47.9 Å². The Hall–Kier alpha value is -2.15. The minimum atomic E-state index is -0.551. The molecule has 7 heteroatoms. The summed E-state index contributed by atoms with van der Waals surface area (Å²) in [6.45, 7) is 1.77. The Balaban J connectivity index is 1.74. The molecule has 0 radical (unpaired) electrons. The van der Waals surface area contributed by atoms with Gasteiger partial charge in [0.1, 0.15) is 11.2 Å². The quantitative estimate of drug-likeness (QED) is 0.722. The number of hydrogen-bond donors (Lipinski definition) is 1. The minimum absolute atomic E-state index is 0.130. The highest BCUT2D eigenvalue weighted by Crippen LogP contribution is 2.38. The number of aromatic nitrogens is 3. The van der Waals surface area contributed by atoms with E-state index in [1.165, 1.54) is 0 Å². The van der Waals surface area contributed by atoms with E-state index in [1.54, 1.807) is 6.92 Å². The normalized spacial score (nSPS) is 16.4. The van der Waals surface area contributed by atoms with Gasteiger partial charge in [-0.3, -0.25) is 4.79 Å². The highest BCUT2D eigenvalue weighted by Gasteiger charge is 2.42. The molecular formula is C18H19BrN4O2. The minimum Gasteiger partial charge on any atom is -0.340 e. The number of hydrogen-bond acceptors (Lipinski definition) is 4. The van der Waals surface area contributed by atoms with E-state index in [0.717, 1.165) is 41.1 Å². The van der Waals surface area contributed by atoms with Gasteiger partial charge in [-0.25, -0.2) is 0 Å². The zero-order valence-electron chi connectivity index (χ0n) is 14.2. The van der Waals surface area contributed by atoms with Crippen LogP contribution in [0.25, 0.3) is 10.9 Å². The predicted molar refractivity (Wildman–Crippen MR) is 97.3 cm³/mol. The third kappa shape index (κ3) is 2.57. The van der Waals surface area contributed by atoms with E-state index >= 15 is 0 Å². The van der Waals surface area contributed by atoms with Gasteiger partial charge in [-0.1, -0.05) is 36.2 Å². The summed E-state index contributed by atoms with van der Waals surface area (Å²) in [7, 11) is 1.90. The number of fused-ring (bicyclic) bond motifs is 1. The van der Waals surface area contributed by atoms with E-state index in [0.29, 0.717) is 17.4 Å². The molecule has 0 atom stereocenters. The van der Waals surface area contributed by atoms with Crippen LogP contribution in [-0.2, 0) is 12.6 Å². The fraction of sp³-hybridized carbons (Fsp3) is 0.389.